The third-order valence-electron chi connectivity index (χ3n) is 2.54. The summed E-state index contributed by atoms with van der Waals surface area (Å²) in [6.45, 7) is 1.97. The van der Waals surface area contributed by atoms with Crippen LogP contribution >= 0.6 is 15.9 Å². The zero-order valence-corrected chi connectivity index (χ0v) is 14.3. The van der Waals surface area contributed by atoms with Gasteiger partial charge in [0.1, 0.15) is 12.4 Å². The zero-order chi connectivity index (χ0) is 15.7. The van der Waals surface area contributed by atoms with Crippen LogP contribution in [0.1, 0.15) is 12.0 Å². The SMILES string of the molecule is C#CCOc1ccc(Br)cc1CNCCCNS(C)(=O)=O. The molecule has 0 saturated carbocycles. The summed E-state index contributed by atoms with van der Waals surface area (Å²) in [5.74, 6) is 3.18. The molecule has 1 aromatic rings. The number of terminal acetylenes is 1. The summed E-state index contributed by atoms with van der Waals surface area (Å²) >= 11 is 3.42. The molecule has 0 saturated heterocycles. The summed E-state index contributed by atoms with van der Waals surface area (Å²) in [6, 6.07) is 5.72. The molecular formula is C14H19BrN2O3S. The van der Waals surface area contributed by atoms with Crippen molar-refractivity contribution >= 4 is 26.0 Å². The maximum absolute atomic E-state index is 10.9. The second-order valence-corrected chi connectivity index (χ2v) is 7.19. The zero-order valence-electron chi connectivity index (χ0n) is 11.9. The fraction of sp³-hybridized carbons (Fsp3) is 0.429. The van der Waals surface area contributed by atoms with Gasteiger partial charge in [-0.2, -0.15) is 0 Å². The van der Waals surface area contributed by atoms with Gasteiger partial charge in [-0.25, -0.2) is 13.1 Å². The summed E-state index contributed by atoms with van der Waals surface area (Å²) in [6.07, 6.45) is 7.05. The molecule has 2 N–H and O–H groups in total. The van der Waals surface area contributed by atoms with Crippen molar-refractivity contribution in [2.75, 3.05) is 26.0 Å². The molecule has 0 aliphatic heterocycles. The van der Waals surface area contributed by atoms with Crippen molar-refractivity contribution < 1.29 is 13.2 Å². The molecule has 0 bridgehead atoms. The summed E-state index contributed by atoms with van der Waals surface area (Å²) in [7, 11) is -3.11. The number of ether oxygens (including phenoxy) is 1. The molecule has 5 nitrogen and oxygen atoms in total. The van der Waals surface area contributed by atoms with Crippen LogP contribution in [0.25, 0.3) is 0 Å². The fourth-order valence-corrected chi connectivity index (χ4v) is 2.56. The van der Waals surface area contributed by atoms with Crippen molar-refractivity contribution in [2.24, 2.45) is 0 Å². The molecule has 0 radical (unpaired) electrons. The number of nitrogens with one attached hydrogen (secondary N) is 2. The van der Waals surface area contributed by atoms with Crippen molar-refractivity contribution in [2.45, 2.75) is 13.0 Å². The Bertz CT molecular complexity index is 597. The molecule has 0 amide bonds. The molecule has 21 heavy (non-hydrogen) atoms. The van der Waals surface area contributed by atoms with Crippen molar-refractivity contribution in [1.29, 1.82) is 0 Å². The summed E-state index contributed by atoms with van der Waals surface area (Å²) in [5.41, 5.74) is 0.996. The van der Waals surface area contributed by atoms with E-state index in [2.05, 4.69) is 31.9 Å². The van der Waals surface area contributed by atoms with E-state index in [0.717, 1.165) is 22.0 Å². The molecule has 116 valence electrons. The lowest BCUT2D eigenvalue weighted by Crippen LogP contribution is -2.26. The van der Waals surface area contributed by atoms with E-state index in [1.165, 1.54) is 0 Å². The maximum atomic E-state index is 10.9. The van der Waals surface area contributed by atoms with E-state index in [9.17, 15) is 8.42 Å². The first-order valence-corrected chi connectivity index (χ1v) is 9.11. The predicted octanol–water partition coefficient (Wildman–Crippen LogP) is 1.49. The van der Waals surface area contributed by atoms with Gasteiger partial charge in [0.2, 0.25) is 10.0 Å². The Hall–Kier alpha value is -1.07. The summed E-state index contributed by atoms with van der Waals surface area (Å²) in [4.78, 5) is 0. The second-order valence-electron chi connectivity index (χ2n) is 4.44. The smallest absolute Gasteiger partial charge is 0.208 e. The highest BCUT2D eigenvalue weighted by molar-refractivity contribution is 9.10. The quantitative estimate of drug-likeness (QED) is 0.507. The number of rotatable bonds is 9. The van der Waals surface area contributed by atoms with Gasteiger partial charge < -0.3 is 10.1 Å². The van der Waals surface area contributed by atoms with Gasteiger partial charge in [-0.15, -0.1) is 6.42 Å². The minimum absolute atomic E-state index is 0.229. The molecule has 0 atom stereocenters. The number of hydrogen-bond acceptors (Lipinski definition) is 4. The maximum Gasteiger partial charge on any atom is 0.208 e. The molecule has 0 heterocycles. The Morgan fingerprint density at radius 1 is 1.38 bits per heavy atom. The van der Waals surface area contributed by atoms with Gasteiger partial charge in [-0.3, -0.25) is 0 Å². The van der Waals surface area contributed by atoms with Gasteiger partial charge in [0, 0.05) is 23.1 Å². The monoisotopic (exact) mass is 374 g/mol. The average Bonchev–Trinajstić information content (AvgIpc) is 2.40. The summed E-state index contributed by atoms with van der Waals surface area (Å²) < 4.78 is 30.7. The number of hydrogen-bond donors (Lipinski definition) is 2. The molecule has 0 spiro atoms. The Morgan fingerprint density at radius 3 is 2.81 bits per heavy atom. The van der Waals surface area contributed by atoms with Crippen molar-refractivity contribution in [3.05, 3.63) is 28.2 Å². The van der Waals surface area contributed by atoms with Crippen molar-refractivity contribution in [1.82, 2.24) is 10.0 Å². The van der Waals surface area contributed by atoms with Gasteiger partial charge >= 0.3 is 0 Å². The molecule has 0 unspecified atom stereocenters. The number of benzene rings is 1. The van der Waals surface area contributed by atoms with Gasteiger partial charge in [0.05, 0.1) is 6.26 Å². The fourth-order valence-electron chi connectivity index (χ4n) is 1.64. The van der Waals surface area contributed by atoms with Crippen LogP contribution in [0.5, 0.6) is 5.75 Å². The van der Waals surface area contributed by atoms with Gasteiger partial charge in [-0.05, 0) is 31.2 Å². The van der Waals surface area contributed by atoms with Gasteiger partial charge in [-0.1, -0.05) is 21.9 Å². The van der Waals surface area contributed by atoms with Crippen LogP contribution in [0.15, 0.2) is 22.7 Å². The van der Waals surface area contributed by atoms with E-state index in [0.29, 0.717) is 26.1 Å². The molecule has 7 heteroatoms. The molecule has 1 rings (SSSR count). The molecule has 1 aromatic carbocycles. The third kappa shape index (κ3) is 8.07. The lowest BCUT2D eigenvalue weighted by Gasteiger charge is -2.11. The Labute approximate surface area is 134 Å². The Morgan fingerprint density at radius 2 is 2.14 bits per heavy atom. The van der Waals surface area contributed by atoms with Gasteiger partial charge in [0.15, 0.2) is 0 Å². The van der Waals surface area contributed by atoms with Crippen LogP contribution in [0.4, 0.5) is 0 Å². The average molecular weight is 375 g/mol. The van der Waals surface area contributed by atoms with E-state index < -0.39 is 10.0 Å². The normalized spacial score (nSPS) is 11.1. The highest BCUT2D eigenvalue weighted by Crippen LogP contribution is 2.23. The van der Waals surface area contributed by atoms with E-state index in [4.69, 9.17) is 11.2 Å². The first-order valence-electron chi connectivity index (χ1n) is 6.42. The minimum Gasteiger partial charge on any atom is -0.481 e. The van der Waals surface area contributed by atoms with Crippen molar-refractivity contribution in [3.63, 3.8) is 0 Å². The Kier molecular flexibility index (Phi) is 7.75. The molecule has 0 aliphatic carbocycles. The van der Waals surface area contributed by atoms with Crippen LogP contribution < -0.4 is 14.8 Å². The number of sulfonamides is 1. The van der Waals surface area contributed by atoms with Crippen LogP contribution in [0.3, 0.4) is 0 Å². The van der Waals surface area contributed by atoms with Crippen LogP contribution in [0, 0.1) is 12.3 Å². The largest absolute Gasteiger partial charge is 0.481 e. The van der Waals surface area contributed by atoms with E-state index in [1.54, 1.807) is 0 Å². The van der Waals surface area contributed by atoms with Crippen molar-refractivity contribution in [3.8, 4) is 18.1 Å². The lowest BCUT2D eigenvalue weighted by molar-refractivity contribution is 0.364. The van der Waals surface area contributed by atoms with E-state index >= 15 is 0 Å². The first-order chi connectivity index (χ1) is 9.92. The first kappa shape index (κ1) is 18.0. The van der Waals surface area contributed by atoms with E-state index in [1.807, 2.05) is 18.2 Å². The molecular weight excluding hydrogens is 356 g/mol. The van der Waals surface area contributed by atoms with Crippen LogP contribution in [-0.4, -0.2) is 34.4 Å². The lowest BCUT2D eigenvalue weighted by atomic mass is 10.2. The van der Waals surface area contributed by atoms with E-state index in [-0.39, 0.29) is 6.61 Å². The molecule has 0 aliphatic rings. The predicted molar refractivity (Wildman–Crippen MR) is 87.6 cm³/mol. The summed E-state index contributed by atoms with van der Waals surface area (Å²) in [5, 5.41) is 3.24. The topological polar surface area (TPSA) is 67.4 Å². The second kappa shape index (κ2) is 9.05. The molecule has 0 fully saturated rings. The van der Waals surface area contributed by atoms with Crippen LogP contribution in [0.2, 0.25) is 0 Å². The minimum atomic E-state index is -3.11. The van der Waals surface area contributed by atoms with Crippen LogP contribution in [-0.2, 0) is 16.6 Å². The van der Waals surface area contributed by atoms with Gasteiger partial charge in [0.25, 0.3) is 0 Å². The third-order valence-corrected chi connectivity index (χ3v) is 3.77. The molecule has 0 aromatic heterocycles. The Balaban J connectivity index is 2.40. The number of halogens is 1. The standard InChI is InChI=1S/C14H19BrN2O3S/c1-3-9-20-14-6-5-13(15)10-12(14)11-16-7-4-8-17-21(2,18)19/h1,5-6,10,16-17H,4,7-9,11H2,2H3. The highest BCUT2D eigenvalue weighted by atomic mass is 79.9. The highest BCUT2D eigenvalue weighted by Gasteiger charge is 2.04.